The van der Waals surface area contributed by atoms with E-state index in [9.17, 15) is 0 Å². The maximum absolute atomic E-state index is 6.19. The first kappa shape index (κ1) is 14.9. The van der Waals surface area contributed by atoms with Crippen LogP contribution in [0.3, 0.4) is 0 Å². The normalized spacial score (nSPS) is 28.8. The zero-order valence-electron chi connectivity index (χ0n) is 12.3. The molecule has 1 spiro atoms. The van der Waals surface area contributed by atoms with E-state index in [0.29, 0.717) is 12.5 Å². The lowest BCUT2D eigenvalue weighted by atomic mass is 9.91. The molecule has 5 heteroatoms. The third kappa shape index (κ3) is 3.28. The van der Waals surface area contributed by atoms with E-state index in [2.05, 4.69) is 0 Å². The Hall–Kier alpha value is -0.970. The number of hydrogen-bond acceptors (Lipinski definition) is 4. The number of rotatable bonds is 4. The molecule has 2 unspecified atom stereocenters. The second-order valence-electron chi connectivity index (χ2n) is 5.67. The highest BCUT2D eigenvalue weighted by Gasteiger charge is 2.41. The smallest absolute Gasteiger partial charge is 0.124 e. The zero-order valence-corrected chi connectivity index (χ0v) is 13.0. The Bertz CT molecular complexity index is 485. The van der Waals surface area contributed by atoms with Crippen LogP contribution in [0.15, 0.2) is 18.2 Å². The monoisotopic (exact) mass is 312 g/mol. The molecule has 2 atom stereocenters. The van der Waals surface area contributed by atoms with Crippen LogP contribution in [0.25, 0.3) is 0 Å². The van der Waals surface area contributed by atoms with Gasteiger partial charge in [0.1, 0.15) is 17.6 Å². The molecular weight excluding hydrogens is 292 g/mol. The van der Waals surface area contributed by atoms with Gasteiger partial charge in [0, 0.05) is 31.4 Å². The quantitative estimate of drug-likeness (QED) is 0.800. The van der Waals surface area contributed by atoms with Crippen molar-refractivity contribution < 1.29 is 18.9 Å². The van der Waals surface area contributed by atoms with E-state index in [1.54, 1.807) is 7.11 Å². The summed E-state index contributed by atoms with van der Waals surface area (Å²) in [5, 5.41) is 0. The lowest BCUT2D eigenvalue weighted by Gasteiger charge is -2.37. The van der Waals surface area contributed by atoms with Gasteiger partial charge in [-0.05, 0) is 18.2 Å². The fourth-order valence-electron chi connectivity index (χ4n) is 3.03. The van der Waals surface area contributed by atoms with Crippen LogP contribution in [0.4, 0.5) is 0 Å². The molecule has 4 nitrogen and oxygen atoms in total. The molecule has 2 saturated heterocycles. The summed E-state index contributed by atoms with van der Waals surface area (Å²) in [5.74, 6) is 2.04. The molecule has 2 heterocycles. The highest BCUT2D eigenvalue weighted by molar-refractivity contribution is 6.17. The van der Waals surface area contributed by atoms with Crippen LogP contribution < -0.4 is 9.47 Å². The van der Waals surface area contributed by atoms with Crippen LogP contribution in [-0.4, -0.2) is 38.6 Å². The predicted octanol–water partition coefficient (Wildman–Crippen LogP) is 3.15. The van der Waals surface area contributed by atoms with E-state index in [4.69, 9.17) is 30.5 Å². The molecule has 0 radical (unpaired) electrons. The van der Waals surface area contributed by atoms with Crippen LogP contribution in [0.1, 0.15) is 24.8 Å². The van der Waals surface area contributed by atoms with Crippen LogP contribution in [0.2, 0.25) is 0 Å². The Labute approximate surface area is 130 Å². The van der Waals surface area contributed by atoms with Gasteiger partial charge in [0.15, 0.2) is 0 Å². The van der Waals surface area contributed by atoms with Crippen molar-refractivity contribution in [2.75, 3.05) is 26.9 Å². The van der Waals surface area contributed by atoms with Crippen molar-refractivity contribution >= 4 is 11.6 Å². The van der Waals surface area contributed by atoms with Crippen LogP contribution in [0.5, 0.6) is 11.5 Å². The first-order chi connectivity index (χ1) is 10.2. The van der Waals surface area contributed by atoms with Gasteiger partial charge < -0.3 is 18.9 Å². The summed E-state index contributed by atoms with van der Waals surface area (Å²) in [6.07, 6.45) is 2.88. The van der Waals surface area contributed by atoms with E-state index in [0.717, 1.165) is 49.5 Å². The highest BCUT2D eigenvalue weighted by Crippen LogP contribution is 2.35. The Balaban J connectivity index is 1.71. The SMILES string of the molecule is COc1ccc(OC2CCOC3(CCOC3)C2)c(CCl)c1. The number of alkyl halides is 1. The van der Waals surface area contributed by atoms with E-state index in [-0.39, 0.29) is 11.7 Å². The zero-order chi connectivity index (χ0) is 14.7. The fraction of sp³-hybridized carbons (Fsp3) is 0.625. The van der Waals surface area contributed by atoms with Crippen molar-refractivity contribution in [3.63, 3.8) is 0 Å². The van der Waals surface area contributed by atoms with E-state index in [1.807, 2.05) is 18.2 Å². The maximum atomic E-state index is 6.19. The minimum atomic E-state index is -0.142. The number of benzene rings is 1. The Morgan fingerprint density at radius 1 is 1.38 bits per heavy atom. The topological polar surface area (TPSA) is 36.9 Å². The van der Waals surface area contributed by atoms with E-state index in [1.165, 1.54) is 0 Å². The second-order valence-corrected chi connectivity index (χ2v) is 5.94. The molecule has 3 rings (SSSR count). The third-order valence-corrected chi connectivity index (χ3v) is 4.51. The van der Waals surface area contributed by atoms with Gasteiger partial charge in [-0.2, -0.15) is 0 Å². The Kier molecular flexibility index (Phi) is 4.57. The number of halogens is 1. The van der Waals surface area contributed by atoms with Gasteiger partial charge in [0.05, 0.1) is 31.8 Å². The minimum absolute atomic E-state index is 0.142. The minimum Gasteiger partial charge on any atom is -0.497 e. The summed E-state index contributed by atoms with van der Waals surface area (Å²) in [4.78, 5) is 0. The van der Waals surface area contributed by atoms with Gasteiger partial charge >= 0.3 is 0 Å². The molecule has 2 fully saturated rings. The molecule has 116 valence electrons. The molecule has 21 heavy (non-hydrogen) atoms. The molecule has 0 amide bonds. The standard InChI is InChI=1S/C16H21ClO4/c1-18-13-2-3-15(12(8-13)10-17)21-14-4-6-20-16(9-14)5-7-19-11-16/h2-3,8,14H,4-7,9-11H2,1H3. The molecule has 0 saturated carbocycles. The van der Waals surface area contributed by atoms with Crippen LogP contribution >= 0.6 is 11.6 Å². The number of hydrogen-bond donors (Lipinski definition) is 0. The second kappa shape index (κ2) is 6.42. The van der Waals surface area contributed by atoms with Gasteiger partial charge in [0.25, 0.3) is 0 Å². The first-order valence-electron chi connectivity index (χ1n) is 7.36. The fourth-order valence-corrected chi connectivity index (χ4v) is 3.24. The summed E-state index contributed by atoms with van der Waals surface area (Å²) in [5.41, 5.74) is 0.815. The van der Waals surface area contributed by atoms with E-state index < -0.39 is 0 Å². The van der Waals surface area contributed by atoms with Crippen molar-refractivity contribution in [3.8, 4) is 11.5 Å². The molecule has 0 aromatic heterocycles. The number of ether oxygens (including phenoxy) is 4. The molecule has 1 aromatic rings. The van der Waals surface area contributed by atoms with Crippen molar-refractivity contribution in [3.05, 3.63) is 23.8 Å². The molecule has 0 aliphatic carbocycles. The van der Waals surface area contributed by atoms with Crippen molar-refractivity contribution in [1.82, 2.24) is 0 Å². The summed E-state index contributed by atoms with van der Waals surface area (Å²) >= 11 is 6.02. The maximum Gasteiger partial charge on any atom is 0.124 e. The van der Waals surface area contributed by atoms with Gasteiger partial charge in [-0.15, -0.1) is 11.6 Å². The van der Waals surface area contributed by atoms with Crippen molar-refractivity contribution in [2.24, 2.45) is 0 Å². The summed E-state index contributed by atoms with van der Waals surface area (Å²) < 4.78 is 22.8. The predicted molar refractivity (Wildman–Crippen MR) is 80.3 cm³/mol. The summed E-state index contributed by atoms with van der Waals surface area (Å²) in [7, 11) is 1.65. The van der Waals surface area contributed by atoms with Crippen molar-refractivity contribution in [1.29, 1.82) is 0 Å². The molecule has 0 bridgehead atoms. The van der Waals surface area contributed by atoms with Crippen LogP contribution in [0, 0.1) is 0 Å². The number of methoxy groups -OCH3 is 1. The molecule has 0 N–H and O–H groups in total. The summed E-state index contributed by atoms with van der Waals surface area (Å²) in [6.45, 7) is 2.18. The molecule has 2 aliphatic rings. The molecular formula is C16H21ClO4. The van der Waals surface area contributed by atoms with E-state index >= 15 is 0 Å². The molecule has 2 aliphatic heterocycles. The average molecular weight is 313 g/mol. The lowest BCUT2D eigenvalue weighted by molar-refractivity contribution is -0.112. The van der Waals surface area contributed by atoms with Gasteiger partial charge in [-0.1, -0.05) is 0 Å². The Morgan fingerprint density at radius 3 is 3.00 bits per heavy atom. The van der Waals surface area contributed by atoms with Gasteiger partial charge in [-0.25, -0.2) is 0 Å². The van der Waals surface area contributed by atoms with Gasteiger partial charge in [0.2, 0.25) is 0 Å². The highest BCUT2D eigenvalue weighted by atomic mass is 35.5. The largest absolute Gasteiger partial charge is 0.497 e. The van der Waals surface area contributed by atoms with Crippen LogP contribution in [-0.2, 0) is 15.4 Å². The lowest BCUT2D eigenvalue weighted by Crippen LogP contribution is -2.44. The third-order valence-electron chi connectivity index (χ3n) is 4.22. The average Bonchev–Trinajstić information content (AvgIpc) is 2.95. The first-order valence-corrected chi connectivity index (χ1v) is 7.89. The molecule has 1 aromatic carbocycles. The van der Waals surface area contributed by atoms with Gasteiger partial charge in [-0.3, -0.25) is 0 Å². The Morgan fingerprint density at radius 2 is 2.29 bits per heavy atom. The van der Waals surface area contributed by atoms with Crippen molar-refractivity contribution in [2.45, 2.75) is 36.8 Å². The summed E-state index contributed by atoms with van der Waals surface area (Å²) in [6, 6.07) is 5.76.